The minimum Gasteiger partial charge on any atom is -0.469 e. The van der Waals surface area contributed by atoms with E-state index >= 15 is 0 Å². The molecule has 4 nitrogen and oxygen atoms in total. The van der Waals surface area contributed by atoms with Crippen LogP contribution in [0.4, 0.5) is 0 Å². The van der Waals surface area contributed by atoms with Crippen LogP contribution in [0.3, 0.4) is 0 Å². The summed E-state index contributed by atoms with van der Waals surface area (Å²) in [6, 6.07) is 0. The van der Waals surface area contributed by atoms with Crippen LogP contribution in [-0.2, 0) is 19.1 Å². The molecule has 0 aliphatic rings. The van der Waals surface area contributed by atoms with Crippen molar-refractivity contribution in [2.24, 2.45) is 5.92 Å². The number of allylic oxidation sites excluding steroid dienone is 2. The standard InChI is InChI=1S/C31H56O4/c1-28(2)26-27-30(33)24-21-20-23-29(32)22-18-16-14-12-10-8-6-4-5-7-9-11-13-15-17-19-25-31(34)35-3/h4-5,28H,6-27H2,1-3H3/b5-4+. The van der Waals surface area contributed by atoms with Gasteiger partial charge in [-0.2, -0.15) is 0 Å². The average molecular weight is 493 g/mol. The van der Waals surface area contributed by atoms with Crippen molar-refractivity contribution in [3.05, 3.63) is 12.2 Å². The van der Waals surface area contributed by atoms with Crippen molar-refractivity contribution in [2.75, 3.05) is 7.11 Å². The minimum atomic E-state index is -0.0908. The van der Waals surface area contributed by atoms with Crippen LogP contribution in [0.15, 0.2) is 12.2 Å². The Kier molecular flexibility index (Phi) is 24.6. The van der Waals surface area contributed by atoms with Crippen LogP contribution >= 0.6 is 0 Å². The summed E-state index contributed by atoms with van der Waals surface area (Å²) in [5, 5.41) is 0. The highest BCUT2D eigenvalue weighted by molar-refractivity contribution is 5.79. The number of Topliss-reactive ketones (excluding diaryl/α,β-unsaturated/α-hetero) is 2. The zero-order chi connectivity index (χ0) is 26.0. The van der Waals surface area contributed by atoms with E-state index in [0.717, 1.165) is 51.4 Å². The molecule has 0 spiro atoms. The third-order valence-electron chi connectivity index (χ3n) is 6.63. The van der Waals surface area contributed by atoms with E-state index in [0.29, 0.717) is 43.2 Å². The predicted molar refractivity (Wildman–Crippen MR) is 148 cm³/mol. The molecule has 0 heterocycles. The van der Waals surface area contributed by atoms with Gasteiger partial charge in [-0.1, -0.05) is 77.4 Å². The first-order valence-electron chi connectivity index (χ1n) is 14.7. The number of hydrogen-bond acceptors (Lipinski definition) is 4. The Morgan fingerprint density at radius 3 is 1.37 bits per heavy atom. The van der Waals surface area contributed by atoms with E-state index in [-0.39, 0.29) is 5.97 Å². The summed E-state index contributed by atoms with van der Waals surface area (Å²) >= 11 is 0. The number of carbonyl (C=O) groups excluding carboxylic acids is 3. The molecule has 0 aromatic heterocycles. The van der Waals surface area contributed by atoms with Gasteiger partial charge in [-0.05, 0) is 63.7 Å². The maximum atomic E-state index is 12.0. The summed E-state index contributed by atoms with van der Waals surface area (Å²) in [7, 11) is 1.45. The Morgan fingerprint density at radius 2 is 0.914 bits per heavy atom. The number of unbranched alkanes of at least 4 members (excludes halogenated alkanes) is 13. The number of esters is 1. The molecule has 0 saturated carbocycles. The molecule has 4 heteroatoms. The van der Waals surface area contributed by atoms with E-state index < -0.39 is 0 Å². The highest BCUT2D eigenvalue weighted by Crippen LogP contribution is 2.13. The van der Waals surface area contributed by atoms with Gasteiger partial charge in [0.2, 0.25) is 0 Å². The van der Waals surface area contributed by atoms with Crippen LogP contribution in [0.1, 0.15) is 155 Å². The molecular weight excluding hydrogens is 436 g/mol. The molecule has 0 N–H and O–H groups in total. The van der Waals surface area contributed by atoms with Gasteiger partial charge in [-0.15, -0.1) is 0 Å². The monoisotopic (exact) mass is 492 g/mol. The molecule has 0 bridgehead atoms. The van der Waals surface area contributed by atoms with Gasteiger partial charge in [0.15, 0.2) is 0 Å². The first-order valence-corrected chi connectivity index (χ1v) is 14.7. The fraction of sp³-hybridized carbons (Fsp3) is 0.839. The molecule has 0 saturated heterocycles. The lowest BCUT2D eigenvalue weighted by atomic mass is 10.0. The Hall–Kier alpha value is -1.45. The van der Waals surface area contributed by atoms with E-state index in [1.54, 1.807) is 0 Å². The van der Waals surface area contributed by atoms with Gasteiger partial charge in [-0.25, -0.2) is 0 Å². The summed E-state index contributed by atoms with van der Waals surface area (Å²) in [4.78, 5) is 34.8. The Bertz CT molecular complexity index is 550. The van der Waals surface area contributed by atoms with Crippen LogP contribution < -0.4 is 0 Å². The van der Waals surface area contributed by atoms with Crippen molar-refractivity contribution in [2.45, 2.75) is 155 Å². The second kappa shape index (κ2) is 25.6. The van der Waals surface area contributed by atoms with E-state index in [1.165, 1.54) is 71.3 Å². The Morgan fingerprint density at radius 1 is 0.543 bits per heavy atom. The van der Waals surface area contributed by atoms with Crippen LogP contribution in [0.25, 0.3) is 0 Å². The van der Waals surface area contributed by atoms with Gasteiger partial charge >= 0.3 is 5.97 Å². The fourth-order valence-corrected chi connectivity index (χ4v) is 4.21. The molecule has 0 aliphatic heterocycles. The van der Waals surface area contributed by atoms with Crippen molar-refractivity contribution in [1.29, 1.82) is 0 Å². The van der Waals surface area contributed by atoms with Crippen molar-refractivity contribution in [1.82, 2.24) is 0 Å². The number of methoxy groups -OCH3 is 1. The molecule has 0 atom stereocenters. The lowest BCUT2D eigenvalue weighted by Gasteiger charge is -2.04. The molecule has 0 unspecified atom stereocenters. The maximum absolute atomic E-state index is 12.0. The smallest absolute Gasteiger partial charge is 0.305 e. The number of hydrogen-bond donors (Lipinski definition) is 0. The number of carbonyl (C=O) groups is 3. The topological polar surface area (TPSA) is 60.4 Å². The zero-order valence-corrected chi connectivity index (χ0v) is 23.4. The van der Waals surface area contributed by atoms with Gasteiger partial charge in [0, 0.05) is 32.1 Å². The van der Waals surface area contributed by atoms with Crippen LogP contribution in [0.2, 0.25) is 0 Å². The van der Waals surface area contributed by atoms with Crippen LogP contribution in [0.5, 0.6) is 0 Å². The molecule has 0 radical (unpaired) electrons. The highest BCUT2D eigenvalue weighted by Gasteiger charge is 2.06. The highest BCUT2D eigenvalue weighted by atomic mass is 16.5. The first-order chi connectivity index (χ1) is 17.0. The summed E-state index contributed by atoms with van der Waals surface area (Å²) in [6.45, 7) is 4.30. The van der Waals surface area contributed by atoms with Crippen molar-refractivity contribution < 1.29 is 19.1 Å². The SMILES string of the molecule is COC(=O)CCCCCCCC/C=C/CCCCCCCCC(=O)CCCCC(=O)CCC(C)C. The zero-order valence-electron chi connectivity index (χ0n) is 23.4. The lowest BCUT2D eigenvalue weighted by molar-refractivity contribution is -0.140. The summed E-state index contributed by atoms with van der Waals surface area (Å²) in [5.41, 5.74) is 0. The van der Waals surface area contributed by atoms with Crippen LogP contribution in [-0.4, -0.2) is 24.6 Å². The predicted octanol–water partition coefficient (Wildman–Crippen LogP) is 9.09. The van der Waals surface area contributed by atoms with E-state index in [1.807, 2.05) is 0 Å². The third kappa shape index (κ3) is 27.0. The summed E-state index contributed by atoms with van der Waals surface area (Å²) in [5.74, 6) is 1.24. The molecule has 0 fully saturated rings. The molecule has 0 amide bonds. The van der Waals surface area contributed by atoms with Gasteiger partial charge in [0.1, 0.15) is 11.6 Å². The van der Waals surface area contributed by atoms with Crippen molar-refractivity contribution in [3.8, 4) is 0 Å². The summed E-state index contributed by atoms with van der Waals surface area (Å²) < 4.78 is 4.65. The van der Waals surface area contributed by atoms with Crippen molar-refractivity contribution in [3.63, 3.8) is 0 Å². The van der Waals surface area contributed by atoms with E-state index in [4.69, 9.17) is 0 Å². The third-order valence-corrected chi connectivity index (χ3v) is 6.63. The number of ether oxygens (including phenoxy) is 1. The molecule has 35 heavy (non-hydrogen) atoms. The first kappa shape index (κ1) is 33.5. The van der Waals surface area contributed by atoms with Crippen LogP contribution in [0, 0.1) is 5.92 Å². The number of ketones is 2. The molecule has 0 aromatic carbocycles. The van der Waals surface area contributed by atoms with Gasteiger partial charge in [-0.3, -0.25) is 14.4 Å². The molecule has 204 valence electrons. The molecule has 0 rings (SSSR count). The normalized spacial score (nSPS) is 11.4. The number of rotatable bonds is 26. The second-order valence-electron chi connectivity index (χ2n) is 10.6. The summed E-state index contributed by atoms with van der Waals surface area (Å²) in [6.07, 6.45) is 27.4. The van der Waals surface area contributed by atoms with Gasteiger partial charge < -0.3 is 4.74 Å². The minimum absolute atomic E-state index is 0.0908. The average Bonchev–Trinajstić information content (AvgIpc) is 2.84. The molecule has 0 aliphatic carbocycles. The van der Waals surface area contributed by atoms with Gasteiger partial charge in [0.05, 0.1) is 7.11 Å². The Labute approximate surface area is 217 Å². The Balaban J connectivity index is 3.30. The van der Waals surface area contributed by atoms with E-state index in [2.05, 4.69) is 30.7 Å². The molecular formula is C31H56O4. The quantitative estimate of drug-likeness (QED) is 0.0686. The fourth-order valence-electron chi connectivity index (χ4n) is 4.21. The second-order valence-corrected chi connectivity index (χ2v) is 10.6. The van der Waals surface area contributed by atoms with Crippen molar-refractivity contribution >= 4 is 17.5 Å². The van der Waals surface area contributed by atoms with E-state index in [9.17, 15) is 14.4 Å². The lowest BCUT2D eigenvalue weighted by Crippen LogP contribution is -2.02. The van der Waals surface area contributed by atoms with Gasteiger partial charge in [0.25, 0.3) is 0 Å². The maximum Gasteiger partial charge on any atom is 0.305 e. The molecule has 0 aromatic rings. The largest absolute Gasteiger partial charge is 0.469 e.